The van der Waals surface area contributed by atoms with Crippen LogP contribution in [0.1, 0.15) is 0 Å². The molecule has 1 unspecified atom stereocenters. The molecule has 0 radical (unpaired) electrons. The Hall–Kier alpha value is -2.02. The molecule has 5 nitrogen and oxygen atoms in total. The van der Waals surface area contributed by atoms with Gasteiger partial charge in [-0.15, -0.1) is 11.8 Å². The summed E-state index contributed by atoms with van der Waals surface area (Å²) in [5.41, 5.74) is -0.0176. The zero-order valence-electron chi connectivity index (χ0n) is 13.3. The largest absolute Gasteiger partial charge is 0.506 e. The Labute approximate surface area is 162 Å². The van der Waals surface area contributed by atoms with Crippen LogP contribution in [-0.4, -0.2) is 28.6 Å². The van der Waals surface area contributed by atoms with E-state index in [1.165, 1.54) is 17.8 Å². The van der Waals surface area contributed by atoms with Gasteiger partial charge < -0.3 is 19.6 Å². The number of hydrogen-bond donors (Lipinski definition) is 2. The number of rotatable bonds is 3. The van der Waals surface area contributed by atoms with Crippen LogP contribution in [0.3, 0.4) is 0 Å². The normalized spacial score (nSPS) is 16.0. The number of aromatic amines is 1. The molecule has 8 heteroatoms. The lowest BCUT2D eigenvalue weighted by atomic mass is 10.2. The number of pyridine rings is 1. The van der Waals surface area contributed by atoms with E-state index in [1.807, 2.05) is 24.3 Å². The highest BCUT2D eigenvalue weighted by Gasteiger charge is 2.23. The van der Waals surface area contributed by atoms with Crippen LogP contribution in [0.2, 0.25) is 10.0 Å². The lowest BCUT2D eigenvalue weighted by Gasteiger charge is -2.26. The molecule has 1 aromatic heterocycles. The molecule has 0 bridgehead atoms. The van der Waals surface area contributed by atoms with E-state index >= 15 is 0 Å². The summed E-state index contributed by atoms with van der Waals surface area (Å²) in [4.78, 5) is 15.2. The number of thioether (sulfide) groups is 1. The zero-order chi connectivity index (χ0) is 18.3. The van der Waals surface area contributed by atoms with Crippen molar-refractivity contribution in [1.82, 2.24) is 4.98 Å². The van der Waals surface area contributed by atoms with Crippen LogP contribution in [0, 0.1) is 0 Å². The zero-order valence-corrected chi connectivity index (χ0v) is 15.6. The van der Waals surface area contributed by atoms with E-state index < -0.39 is 5.56 Å². The van der Waals surface area contributed by atoms with Crippen LogP contribution < -0.4 is 15.0 Å². The highest BCUT2D eigenvalue weighted by Crippen LogP contribution is 2.38. The van der Waals surface area contributed by atoms with E-state index in [-0.39, 0.29) is 21.8 Å². The van der Waals surface area contributed by atoms with Crippen molar-refractivity contribution in [3.8, 4) is 17.2 Å². The Morgan fingerprint density at radius 1 is 1.23 bits per heavy atom. The van der Waals surface area contributed by atoms with Gasteiger partial charge in [0, 0.05) is 10.8 Å². The van der Waals surface area contributed by atoms with Crippen molar-refractivity contribution in [2.45, 2.75) is 11.0 Å². The number of aromatic hydroxyl groups is 1. The number of hydrogen-bond acceptors (Lipinski definition) is 5. The summed E-state index contributed by atoms with van der Waals surface area (Å²) in [6.45, 7) is 0.368. The summed E-state index contributed by atoms with van der Waals surface area (Å²) in [5, 5.41) is 11.6. The molecular formula is C18H13Cl2NO4S. The molecule has 3 aromatic rings. The molecule has 0 fully saturated rings. The Balaban J connectivity index is 1.59. The highest BCUT2D eigenvalue weighted by molar-refractivity contribution is 7.99. The lowest BCUT2D eigenvalue weighted by molar-refractivity contribution is 0.107. The Bertz CT molecular complexity index is 1050. The summed E-state index contributed by atoms with van der Waals surface area (Å²) in [6, 6.07) is 10.5. The van der Waals surface area contributed by atoms with Gasteiger partial charge >= 0.3 is 0 Å². The average molecular weight is 410 g/mol. The molecule has 26 heavy (non-hydrogen) atoms. The van der Waals surface area contributed by atoms with Crippen molar-refractivity contribution >= 4 is 45.9 Å². The van der Waals surface area contributed by atoms with E-state index in [9.17, 15) is 9.90 Å². The van der Waals surface area contributed by atoms with Gasteiger partial charge in [-0.25, -0.2) is 0 Å². The van der Waals surface area contributed by atoms with Crippen molar-refractivity contribution in [1.29, 1.82) is 0 Å². The van der Waals surface area contributed by atoms with E-state index in [0.29, 0.717) is 39.8 Å². The summed E-state index contributed by atoms with van der Waals surface area (Å²) in [5.74, 6) is 1.64. The van der Waals surface area contributed by atoms with Crippen LogP contribution >= 0.6 is 35.0 Å². The number of nitrogens with one attached hydrogen (secondary N) is 1. The Morgan fingerprint density at radius 3 is 2.81 bits per heavy atom. The molecular weight excluding hydrogens is 397 g/mol. The Morgan fingerprint density at radius 2 is 2.00 bits per heavy atom. The topological polar surface area (TPSA) is 71.6 Å². The van der Waals surface area contributed by atoms with Crippen molar-refractivity contribution in [2.75, 3.05) is 12.4 Å². The number of H-pyrrole nitrogens is 1. The first-order chi connectivity index (χ1) is 12.5. The van der Waals surface area contributed by atoms with Gasteiger partial charge in [0.25, 0.3) is 5.56 Å². The molecule has 2 aromatic carbocycles. The molecule has 0 aliphatic carbocycles. The predicted molar refractivity (Wildman–Crippen MR) is 103 cm³/mol. The van der Waals surface area contributed by atoms with Gasteiger partial charge in [0.1, 0.15) is 23.4 Å². The second kappa shape index (κ2) is 6.95. The summed E-state index contributed by atoms with van der Waals surface area (Å²) in [6.07, 6.45) is -0.245. The maximum Gasteiger partial charge on any atom is 0.265 e. The third kappa shape index (κ3) is 3.20. The molecule has 2 heterocycles. The van der Waals surface area contributed by atoms with E-state index in [4.69, 9.17) is 32.7 Å². The van der Waals surface area contributed by atoms with Crippen LogP contribution in [0.5, 0.6) is 17.2 Å². The number of fused-ring (bicyclic) bond motifs is 2. The first-order valence-corrected chi connectivity index (χ1v) is 9.52. The van der Waals surface area contributed by atoms with E-state index in [1.54, 1.807) is 6.07 Å². The lowest BCUT2D eigenvalue weighted by Crippen LogP contribution is -2.31. The number of aromatic nitrogens is 1. The van der Waals surface area contributed by atoms with Gasteiger partial charge in [-0.3, -0.25) is 4.79 Å². The molecule has 0 spiro atoms. The average Bonchev–Trinajstić information content (AvgIpc) is 2.60. The number of para-hydroxylation sites is 2. The molecule has 4 rings (SSSR count). The van der Waals surface area contributed by atoms with Gasteiger partial charge in [-0.05, 0) is 24.3 Å². The molecule has 1 aliphatic rings. The maximum absolute atomic E-state index is 12.4. The number of halogens is 2. The molecule has 134 valence electrons. The smallest absolute Gasteiger partial charge is 0.265 e. The van der Waals surface area contributed by atoms with Crippen LogP contribution in [0.4, 0.5) is 0 Å². The SMILES string of the molecule is O=c1[nH]c2cc(Cl)cc(Cl)c2c(O)c1SCC1COc2ccccc2O1. The van der Waals surface area contributed by atoms with Crippen LogP contribution in [0.15, 0.2) is 46.1 Å². The number of ether oxygens (including phenoxy) is 2. The fraction of sp³-hybridized carbons (Fsp3) is 0.167. The van der Waals surface area contributed by atoms with Crippen LogP contribution in [-0.2, 0) is 0 Å². The standard InChI is InChI=1S/C18H13Cl2NO4S/c19-9-5-11(20)15-12(6-9)21-18(23)17(16(15)22)26-8-10-7-24-13-3-1-2-4-14(13)25-10/h1-6,10H,7-8H2,(H2,21,22,23). The summed E-state index contributed by atoms with van der Waals surface area (Å²) in [7, 11) is 0. The van der Waals surface area contributed by atoms with Gasteiger partial charge in [0.05, 0.1) is 15.9 Å². The quantitative estimate of drug-likeness (QED) is 0.624. The highest BCUT2D eigenvalue weighted by atomic mass is 35.5. The molecule has 0 saturated carbocycles. The molecule has 0 amide bonds. The van der Waals surface area contributed by atoms with Gasteiger partial charge in [0.2, 0.25) is 0 Å². The van der Waals surface area contributed by atoms with E-state index in [2.05, 4.69) is 4.98 Å². The monoisotopic (exact) mass is 409 g/mol. The first kappa shape index (κ1) is 17.4. The predicted octanol–water partition coefficient (Wildman–Crippen LogP) is 4.47. The van der Waals surface area contributed by atoms with Crippen molar-refractivity contribution in [3.05, 3.63) is 56.8 Å². The minimum atomic E-state index is -0.407. The molecule has 0 saturated heterocycles. The second-order valence-corrected chi connectivity index (χ2v) is 7.62. The van der Waals surface area contributed by atoms with Crippen molar-refractivity contribution < 1.29 is 14.6 Å². The van der Waals surface area contributed by atoms with E-state index in [0.717, 1.165) is 0 Å². The van der Waals surface area contributed by atoms with Gasteiger partial charge in [-0.2, -0.15) is 0 Å². The third-order valence-corrected chi connectivity index (χ3v) is 5.66. The van der Waals surface area contributed by atoms with Crippen LogP contribution in [0.25, 0.3) is 10.9 Å². The van der Waals surface area contributed by atoms with Crippen molar-refractivity contribution in [3.63, 3.8) is 0 Å². The molecule has 1 atom stereocenters. The minimum absolute atomic E-state index is 0.160. The fourth-order valence-electron chi connectivity index (χ4n) is 2.77. The molecule has 1 aliphatic heterocycles. The summed E-state index contributed by atoms with van der Waals surface area (Å²) >= 11 is 13.3. The number of benzene rings is 2. The second-order valence-electron chi connectivity index (χ2n) is 5.75. The summed E-state index contributed by atoms with van der Waals surface area (Å²) < 4.78 is 11.5. The van der Waals surface area contributed by atoms with Gasteiger partial charge in [0.15, 0.2) is 11.5 Å². The molecule has 2 N–H and O–H groups in total. The fourth-order valence-corrected chi connectivity index (χ4v) is 4.29. The Kier molecular flexibility index (Phi) is 4.65. The van der Waals surface area contributed by atoms with Crippen molar-refractivity contribution in [2.24, 2.45) is 0 Å². The third-order valence-electron chi connectivity index (χ3n) is 3.94. The first-order valence-electron chi connectivity index (χ1n) is 7.78. The van der Waals surface area contributed by atoms with Gasteiger partial charge in [-0.1, -0.05) is 35.3 Å². The minimum Gasteiger partial charge on any atom is -0.506 e. The maximum atomic E-state index is 12.4.